The summed E-state index contributed by atoms with van der Waals surface area (Å²) in [5.74, 6) is 0.150. The van der Waals surface area contributed by atoms with E-state index in [4.69, 9.17) is 9.47 Å². The predicted molar refractivity (Wildman–Crippen MR) is 100 cm³/mol. The standard InChI is InChI=1S/C20H28N2O3/c1-4-7-13-24-18-15-21-17-11-9-8-10-16(17)19(18)20(23)25-14-12-22(5-2)6-3/h8-11,15H,4-7,12-14H2,1-3H3. The van der Waals surface area contributed by atoms with Crippen molar-refractivity contribution in [3.8, 4) is 5.75 Å². The summed E-state index contributed by atoms with van der Waals surface area (Å²) in [6.07, 6.45) is 3.59. The van der Waals surface area contributed by atoms with Crippen LogP contribution in [-0.2, 0) is 4.74 Å². The van der Waals surface area contributed by atoms with Gasteiger partial charge in [0.15, 0.2) is 5.75 Å². The minimum atomic E-state index is -0.350. The lowest BCUT2D eigenvalue weighted by atomic mass is 10.1. The number of hydrogen-bond donors (Lipinski definition) is 0. The molecule has 0 saturated carbocycles. The first-order chi connectivity index (χ1) is 12.2. The van der Waals surface area contributed by atoms with Gasteiger partial charge in [-0.25, -0.2) is 4.79 Å². The number of para-hydroxylation sites is 1. The average Bonchev–Trinajstić information content (AvgIpc) is 2.65. The molecule has 5 nitrogen and oxygen atoms in total. The Morgan fingerprint density at radius 1 is 1.12 bits per heavy atom. The van der Waals surface area contributed by atoms with E-state index in [1.165, 1.54) is 0 Å². The van der Waals surface area contributed by atoms with Crippen molar-refractivity contribution >= 4 is 16.9 Å². The molecule has 136 valence electrons. The van der Waals surface area contributed by atoms with Crippen molar-refractivity contribution < 1.29 is 14.3 Å². The maximum Gasteiger partial charge on any atom is 0.342 e. The van der Waals surface area contributed by atoms with Crippen molar-refractivity contribution in [3.05, 3.63) is 36.0 Å². The molecule has 0 fully saturated rings. The third-order valence-corrected chi connectivity index (χ3v) is 4.24. The van der Waals surface area contributed by atoms with E-state index in [0.29, 0.717) is 24.5 Å². The fraction of sp³-hybridized carbons (Fsp3) is 0.500. The second-order valence-electron chi connectivity index (χ2n) is 5.88. The first-order valence-electron chi connectivity index (χ1n) is 9.11. The minimum Gasteiger partial charge on any atom is -0.491 e. The van der Waals surface area contributed by atoms with Gasteiger partial charge in [0.2, 0.25) is 0 Å². The molecular weight excluding hydrogens is 316 g/mol. The van der Waals surface area contributed by atoms with E-state index in [1.807, 2.05) is 24.3 Å². The number of hydrogen-bond acceptors (Lipinski definition) is 5. The van der Waals surface area contributed by atoms with Crippen LogP contribution in [0.1, 0.15) is 44.0 Å². The van der Waals surface area contributed by atoms with Crippen molar-refractivity contribution in [2.45, 2.75) is 33.6 Å². The van der Waals surface area contributed by atoms with Crippen molar-refractivity contribution in [2.24, 2.45) is 0 Å². The van der Waals surface area contributed by atoms with Crippen LogP contribution in [0.3, 0.4) is 0 Å². The highest BCUT2D eigenvalue weighted by molar-refractivity contribution is 6.05. The summed E-state index contributed by atoms with van der Waals surface area (Å²) in [5.41, 5.74) is 1.24. The van der Waals surface area contributed by atoms with Crippen LogP contribution < -0.4 is 4.74 Å². The van der Waals surface area contributed by atoms with Crippen LogP contribution in [0.15, 0.2) is 30.5 Å². The molecule has 5 heteroatoms. The van der Waals surface area contributed by atoms with Crippen LogP contribution in [0.25, 0.3) is 10.9 Å². The summed E-state index contributed by atoms with van der Waals surface area (Å²) in [4.78, 5) is 19.3. The Hall–Kier alpha value is -2.14. The van der Waals surface area contributed by atoms with E-state index in [2.05, 4.69) is 30.7 Å². The summed E-state index contributed by atoms with van der Waals surface area (Å²) in [5, 5.41) is 0.768. The van der Waals surface area contributed by atoms with Crippen LogP contribution in [0.4, 0.5) is 0 Å². The molecule has 2 aromatic rings. The van der Waals surface area contributed by atoms with Gasteiger partial charge in [-0.2, -0.15) is 0 Å². The molecule has 0 radical (unpaired) electrons. The number of carbonyl (C=O) groups excluding carboxylic acids is 1. The van der Waals surface area contributed by atoms with E-state index in [-0.39, 0.29) is 5.97 Å². The Kier molecular flexibility index (Phi) is 7.67. The molecule has 2 rings (SSSR count). The zero-order valence-electron chi connectivity index (χ0n) is 15.5. The normalized spacial score (nSPS) is 11.0. The maximum absolute atomic E-state index is 12.7. The van der Waals surface area contributed by atoms with Crippen LogP contribution in [0.5, 0.6) is 5.75 Å². The molecule has 1 aromatic heterocycles. The highest BCUT2D eigenvalue weighted by Gasteiger charge is 2.19. The third-order valence-electron chi connectivity index (χ3n) is 4.24. The summed E-state index contributed by atoms with van der Waals surface area (Å²) in [6.45, 7) is 9.85. The molecular formula is C20H28N2O3. The van der Waals surface area contributed by atoms with Crippen molar-refractivity contribution in [1.29, 1.82) is 0 Å². The quantitative estimate of drug-likeness (QED) is 0.483. The van der Waals surface area contributed by atoms with Gasteiger partial charge in [-0.1, -0.05) is 45.4 Å². The van der Waals surface area contributed by atoms with Crippen LogP contribution >= 0.6 is 0 Å². The van der Waals surface area contributed by atoms with Crippen molar-refractivity contribution in [3.63, 3.8) is 0 Å². The molecule has 0 N–H and O–H groups in total. The van der Waals surface area contributed by atoms with Gasteiger partial charge in [0.1, 0.15) is 12.2 Å². The number of ether oxygens (including phenoxy) is 2. The van der Waals surface area contributed by atoms with Gasteiger partial charge < -0.3 is 14.4 Å². The number of pyridine rings is 1. The molecule has 0 aliphatic heterocycles. The maximum atomic E-state index is 12.7. The van der Waals surface area contributed by atoms with E-state index in [0.717, 1.165) is 43.4 Å². The van der Waals surface area contributed by atoms with Gasteiger partial charge in [0.25, 0.3) is 0 Å². The molecule has 0 aliphatic rings. The lowest BCUT2D eigenvalue weighted by Crippen LogP contribution is -2.28. The molecule has 25 heavy (non-hydrogen) atoms. The predicted octanol–water partition coefficient (Wildman–Crippen LogP) is 3.91. The first-order valence-corrected chi connectivity index (χ1v) is 9.11. The Labute approximate surface area is 149 Å². The fourth-order valence-corrected chi connectivity index (χ4v) is 2.65. The van der Waals surface area contributed by atoms with Crippen molar-refractivity contribution in [1.82, 2.24) is 9.88 Å². The summed E-state index contributed by atoms with van der Waals surface area (Å²) in [7, 11) is 0. The van der Waals surface area contributed by atoms with Crippen LogP contribution in [-0.4, -0.2) is 48.7 Å². The van der Waals surface area contributed by atoms with Gasteiger partial charge in [-0.05, 0) is 25.6 Å². The molecule has 0 atom stereocenters. The van der Waals surface area contributed by atoms with E-state index in [9.17, 15) is 4.79 Å². The lowest BCUT2D eigenvalue weighted by Gasteiger charge is -2.18. The highest BCUT2D eigenvalue weighted by atomic mass is 16.5. The number of fused-ring (bicyclic) bond motifs is 1. The zero-order valence-corrected chi connectivity index (χ0v) is 15.5. The number of likely N-dealkylation sites (N-methyl/N-ethyl adjacent to an activating group) is 1. The summed E-state index contributed by atoms with van der Waals surface area (Å²) < 4.78 is 11.3. The van der Waals surface area contributed by atoms with Crippen molar-refractivity contribution in [2.75, 3.05) is 32.8 Å². The van der Waals surface area contributed by atoms with Crippen LogP contribution in [0, 0.1) is 0 Å². The second kappa shape index (κ2) is 9.99. The number of rotatable bonds is 10. The molecule has 0 amide bonds. The zero-order chi connectivity index (χ0) is 18.1. The Morgan fingerprint density at radius 2 is 1.88 bits per heavy atom. The number of unbranched alkanes of at least 4 members (excludes halogenated alkanes) is 1. The number of carbonyl (C=O) groups is 1. The Bertz CT molecular complexity index is 684. The highest BCUT2D eigenvalue weighted by Crippen LogP contribution is 2.27. The number of aromatic nitrogens is 1. The van der Waals surface area contributed by atoms with Crippen LogP contribution in [0.2, 0.25) is 0 Å². The van der Waals surface area contributed by atoms with Gasteiger partial charge >= 0.3 is 5.97 Å². The molecule has 0 spiro atoms. The van der Waals surface area contributed by atoms with Gasteiger partial charge in [0.05, 0.1) is 18.3 Å². The van der Waals surface area contributed by atoms with Gasteiger partial charge in [-0.15, -0.1) is 0 Å². The minimum absolute atomic E-state index is 0.350. The summed E-state index contributed by atoms with van der Waals surface area (Å²) in [6, 6.07) is 7.57. The smallest absolute Gasteiger partial charge is 0.342 e. The first kappa shape index (κ1) is 19.2. The van der Waals surface area contributed by atoms with E-state index in [1.54, 1.807) is 6.20 Å². The SMILES string of the molecule is CCCCOc1cnc2ccccc2c1C(=O)OCCN(CC)CC. The fourth-order valence-electron chi connectivity index (χ4n) is 2.65. The monoisotopic (exact) mass is 344 g/mol. The molecule has 0 saturated heterocycles. The number of esters is 1. The topological polar surface area (TPSA) is 51.7 Å². The summed E-state index contributed by atoms with van der Waals surface area (Å²) >= 11 is 0. The van der Waals surface area contributed by atoms with Gasteiger partial charge in [0, 0.05) is 11.9 Å². The largest absolute Gasteiger partial charge is 0.491 e. The lowest BCUT2D eigenvalue weighted by molar-refractivity contribution is 0.0464. The average molecular weight is 344 g/mol. The molecule has 0 aliphatic carbocycles. The Morgan fingerprint density at radius 3 is 2.60 bits per heavy atom. The third kappa shape index (κ3) is 5.16. The molecule has 0 unspecified atom stereocenters. The molecule has 0 bridgehead atoms. The number of benzene rings is 1. The second-order valence-corrected chi connectivity index (χ2v) is 5.88. The number of nitrogens with zero attached hydrogens (tertiary/aromatic N) is 2. The molecule has 1 heterocycles. The van der Waals surface area contributed by atoms with E-state index < -0.39 is 0 Å². The Balaban J connectivity index is 2.20. The van der Waals surface area contributed by atoms with Gasteiger partial charge in [-0.3, -0.25) is 4.98 Å². The molecule has 1 aromatic carbocycles. The van der Waals surface area contributed by atoms with E-state index >= 15 is 0 Å².